The molecule has 0 N–H and O–H groups in total. The van der Waals surface area contributed by atoms with Gasteiger partial charge < -0.3 is 28.4 Å². The van der Waals surface area contributed by atoms with Crippen LogP contribution in [-0.4, -0.2) is 54.2 Å². The first kappa shape index (κ1) is 29.7. The van der Waals surface area contributed by atoms with Crippen LogP contribution >= 0.6 is 0 Å². The van der Waals surface area contributed by atoms with E-state index in [1.807, 2.05) is 61.5 Å². The molecular weight excluding hydrogens is 532 g/mol. The van der Waals surface area contributed by atoms with Crippen molar-refractivity contribution in [1.29, 1.82) is 0 Å². The van der Waals surface area contributed by atoms with Gasteiger partial charge in [0.25, 0.3) is 5.91 Å². The van der Waals surface area contributed by atoms with Crippen molar-refractivity contribution in [3.8, 4) is 11.5 Å². The minimum absolute atomic E-state index is 0.0539. The Bertz CT molecular complexity index is 1330. The Labute approximate surface area is 248 Å². The molecule has 5 rings (SSSR count). The van der Waals surface area contributed by atoms with Crippen LogP contribution in [0, 0.1) is 6.92 Å². The SMILES string of the molecule is CCCCCCc1ccc(C(=O)N(CC(=O)N(Cc2ccc3c(c2)OCO3)Cc2ccc(C)o2)C[C@H]2CCCO2)cc1. The fourth-order valence-electron chi connectivity index (χ4n) is 5.52. The molecule has 0 saturated carbocycles. The maximum atomic E-state index is 13.9. The fraction of sp³-hybridized carbons (Fsp3) is 0.471. The molecule has 3 aromatic rings. The number of ether oxygens (including phenoxy) is 3. The van der Waals surface area contributed by atoms with Crippen molar-refractivity contribution in [1.82, 2.24) is 9.80 Å². The molecule has 8 heteroatoms. The van der Waals surface area contributed by atoms with Crippen molar-refractivity contribution in [2.45, 2.75) is 78.0 Å². The van der Waals surface area contributed by atoms with Gasteiger partial charge >= 0.3 is 0 Å². The van der Waals surface area contributed by atoms with Crippen LogP contribution in [0.5, 0.6) is 11.5 Å². The first-order valence-electron chi connectivity index (χ1n) is 15.2. The average Bonchev–Trinajstić information content (AvgIpc) is 3.77. The number of aryl methyl sites for hydroxylation is 2. The molecule has 1 fully saturated rings. The van der Waals surface area contributed by atoms with Gasteiger partial charge in [0.15, 0.2) is 11.5 Å². The number of rotatable bonds is 14. The van der Waals surface area contributed by atoms with E-state index in [0.717, 1.165) is 37.0 Å². The lowest BCUT2D eigenvalue weighted by Gasteiger charge is -2.29. The third-order valence-electron chi connectivity index (χ3n) is 7.89. The van der Waals surface area contributed by atoms with E-state index in [1.165, 1.54) is 24.8 Å². The highest BCUT2D eigenvalue weighted by Crippen LogP contribution is 2.33. The van der Waals surface area contributed by atoms with Crippen molar-refractivity contribution in [3.05, 3.63) is 82.8 Å². The third-order valence-corrected chi connectivity index (χ3v) is 7.89. The molecule has 2 amide bonds. The smallest absolute Gasteiger partial charge is 0.254 e. The van der Waals surface area contributed by atoms with Crippen molar-refractivity contribution >= 4 is 11.8 Å². The van der Waals surface area contributed by atoms with E-state index < -0.39 is 0 Å². The number of benzene rings is 2. The molecule has 0 spiro atoms. The zero-order chi connectivity index (χ0) is 29.3. The van der Waals surface area contributed by atoms with E-state index in [9.17, 15) is 9.59 Å². The topological polar surface area (TPSA) is 81.5 Å². The monoisotopic (exact) mass is 574 g/mol. The zero-order valence-electron chi connectivity index (χ0n) is 24.8. The van der Waals surface area contributed by atoms with Gasteiger partial charge in [0.05, 0.1) is 12.6 Å². The van der Waals surface area contributed by atoms with E-state index >= 15 is 0 Å². The van der Waals surface area contributed by atoms with E-state index in [4.69, 9.17) is 18.6 Å². The van der Waals surface area contributed by atoms with Gasteiger partial charge in [-0.25, -0.2) is 0 Å². The molecule has 0 aliphatic carbocycles. The zero-order valence-corrected chi connectivity index (χ0v) is 24.8. The molecule has 8 nitrogen and oxygen atoms in total. The largest absolute Gasteiger partial charge is 0.464 e. The summed E-state index contributed by atoms with van der Waals surface area (Å²) in [7, 11) is 0. The highest BCUT2D eigenvalue weighted by Gasteiger charge is 2.28. The average molecular weight is 575 g/mol. The summed E-state index contributed by atoms with van der Waals surface area (Å²) in [5.41, 5.74) is 2.72. The molecule has 224 valence electrons. The van der Waals surface area contributed by atoms with Crippen LogP contribution in [0.2, 0.25) is 0 Å². The predicted octanol–water partition coefficient (Wildman–Crippen LogP) is 6.29. The number of fused-ring (bicyclic) bond motifs is 1. The lowest BCUT2D eigenvalue weighted by atomic mass is 10.0. The summed E-state index contributed by atoms with van der Waals surface area (Å²) in [4.78, 5) is 31.1. The number of unbranched alkanes of at least 4 members (excludes halogenated alkanes) is 3. The van der Waals surface area contributed by atoms with Crippen LogP contribution in [0.15, 0.2) is 59.0 Å². The van der Waals surface area contributed by atoms with Crippen molar-refractivity contribution in [2.24, 2.45) is 0 Å². The van der Waals surface area contributed by atoms with Crippen molar-refractivity contribution in [3.63, 3.8) is 0 Å². The van der Waals surface area contributed by atoms with Gasteiger partial charge in [-0.05, 0) is 80.1 Å². The van der Waals surface area contributed by atoms with Gasteiger partial charge in [-0.3, -0.25) is 9.59 Å². The number of furan rings is 1. The van der Waals surface area contributed by atoms with Gasteiger partial charge in [-0.1, -0.05) is 44.4 Å². The molecule has 2 aliphatic rings. The summed E-state index contributed by atoms with van der Waals surface area (Å²) < 4.78 is 22.7. The van der Waals surface area contributed by atoms with Gasteiger partial charge in [0, 0.05) is 25.3 Å². The van der Waals surface area contributed by atoms with Gasteiger partial charge in [-0.15, -0.1) is 0 Å². The third kappa shape index (κ3) is 7.94. The standard InChI is InChI=1S/C34H42N2O6/c1-3-4-5-6-8-26-11-14-28(15-12-26)34(38)36(21-29-9-7-18-39-29)23-33(37)35(22-30-16-10-25(2)42-30)20-27-13-17-31-32(19-27)41-24-40-31/h10-17,19,29H,3-9,18,20-24H2,1-2H3/t29-/m1/s1. The van der Waals surface area contributed by atoms with Crippen molar-refractivity contribution < 1.29 is 28.2 Å². The summed E-state index contributed by atoms with van der Waals surface area (Å²) in [6, 6.07) is 17.3. The summed E-state index contributed by atoms with van der Waals surface area (Å²) in [5.74, 6) is 2.50. The molecule has 2 aliphatic heterocycles. The minimum atomic E-state index is -0.166. The predicted molar refractivity (Wildman–Crippen MR) is 159 cm³/mol. The van der Waals surface area contributed by atoms with Crippen LogP contribution < -0.4 is 9.47 Å². The molecule has 1 atom stereocenters. The van der Waals surface area contributed by atoms with Gasteiger partial charge in [0.2, 0.25) is 12.7 Å². The molecule has 3 heterocycles. The first-order valence-corrected chi connectivity index (χ1v) is 15.2. The summed E-state index contributed by atoms with van der Waals surface area (Å²) in [6.07, 6.45) is 7.59. The number of amides is 2. The van der Waals surface area contributed by atoms with Crippen LogP contribution in [-0.2, 0) is 29.0 Å². The Morgan fingerprint density at radius 3 is 2.43 bits per heavy atom. The fourth-order valence-corrected chi connectivity index (χ4v) is 5.52. The van der Waals surface area contributed by atoms with E-state index in [1.54, 1.807) is 9.80 Å². The maximum absolute atomic E-state index is 13.9. The van der Waals surface area contributed by atoms with E-state index in [2.05, 4.69) is 6.92 Å². The Hall–Kier alpha value is -3.78. The molecule has 2 aromatic carbocycles. The second kappa shape index (κ2) is 14.4. The Balaban J connectivity index is 1.32. The minimum Gasteiger partial charge on any atom is -0.464 e. The quantitative estimate of drug-likeness (QED) is 0.211. The van der Waals surface area contributed by atoms with Crippen LogP contribution in [0.25, 0.3) is 0 Å². The number of hydrogen-bond donors (Lipinski definition) is 0. The molecule has 1 aromatic heterocycles. The number of hydrogen-bond acceptors (Lipinski definition) is 6. The number of carbonyl (C=O) groups excluding carboxylic acids is 2. The maximum Gasteiger partial charge on any atom is 0.254 e. The van der Waals surface area contributed by atoms with Gasteiger partial charge in [0.1, 0.15) is 18.1 Å². The Morgan fingerprint density at radius 1 is 0.881 bits per heavy atom. The number of nitrogens with zero attached hydrogens (tertiary/aromatic N) is 2. The Kier molecular flexibility index (Phi) is 10.2. The lowest BCUT2D eigenvalue weighted by Crippen LogP contribution is -2.45. The number of carbonyl (C=O) groups is 2. The Morgan fingerprint density at radius 2 is 1.69 bits per heavy atom. The second-order valence-corrected chi connectivity index (χ2v) is 11.3. The first-order chi connectivity index (χ1) is 20.5. The molecule has 1 saturated heterocycles. The summed E-state index contributed by atoms with van der Waals surface area (Å²) >= 11 is 0. The second-order valence-electron chi connectivity index (χ2n) is 11.3. The van der Waals surface area contributed by atoms with Crippen molar-refractivity contribution in [2.75, 3.05) is 26.5 Å². The van der Waals surface area contributed by atoms with Gasteiger partial charge in [-0.2, -0.15) is 0 Å². The lowest BCUT2D eigenvalue weighted by molar-refractivity contribution is -0.133. The normalized spacial score (nSPS) is 15.6. The molecule has 0 bridgehead atoms. The molecule has 0 unspecified atom stereocenters. The molecule has 42 heavy (non-hydrogen) atoms. The van der Waals surface area contributed by atoms with E-state index in [0.29, 0.717) is 42.5 Å². The molecule has 0 radical (unpaired) electrons. The van der Waals surface area contributed by atoms with Crippen LogP contribution in [0.3, 0.4) is 0 Å². The van der Waals surface area contributed by atoms with Crippen LogP contribution in [0.1, 0.15) is 78.5 Å². The van der Waals surface area contributed by atoms with Crippen LogP contribution in [0.4, 0.5) is 0 Å². The summed E-state index contributed by atoms with van der Waals surface area (Å²) in [6.45, 7) is 5.91. The van der Waals surface area contributed by atoms with E-state index in [-0.39, 0.29) is 37.8 Å². The highest BCUT2D eigenvalue weighted by atomic mass is 16.7. The summed E-state index contributed by atoms with van der Waals surface area (Å²) in [5, 5.41) is 0. The molecular formula is C34H42N2O6. The highest BCUT2D eigenvalue weighted by molar-refractivity contribution is 5.96.